The van der Waals surface area contributed by atoms with Gasteiger partial charge in [0, 0.05) is 19.2 Å². The lowest BCUT2D eigenvalue weighted by molar-refractivity contribution is 0.0892. The van der Waals surface area contributed by atoms with Gasteiger partial charge in [-0.3, -0.25) is 0 Å². The topological polar surface area (TPSA) is 112 Å². The number of hydrogen-bond acceptors (Lipinski definition) is 10. The zero-order chi connectivity index (χ0) is 21.0. The maximum Gasteiger partial charge on any atom is 0.276 e. The number of aromatic nitrogens is 4. The van der Waals surface area contributed by atoms with Gasteiger partial charge in [0.25, 0.3) is 11.8 Å². The van der Waals surface area contributed by atoms with Gasteiger partial charge in [0.1, 0.15) is 0 Å². The van der Waals surface area contributed by atoms with E-state index in [1.165, 1.54) is 21.3 Å². The molecule has 1 atom stereocenters. The van der Waals surface area contributed by atoms with Crippen molar-refractivity contribution in [2.75, 3.05) is 46.4 Å². The third-order valence-electron chi connectivity index (χ3n) is 5.02. The predicted molar refractivity (Wildman–Crippen MR) is 105 cm³/mol. The van der Waals surface area contributed by atoms with Crippen LogP contribution >= 0.6 is 11.6 Å². The number of piperidine rings is 1. The molecule has 1 fully saturated rings. The number of halogens is 1. The van der Waals surface area contributed by atoms with Crippen molar-refractivity contribution in [1.29, 1.82) is 0 Å². The molecule has 10 nitrogen and oxygen atoms in total. The summed E-state index contributed by atoms with van der Waals surface area (Å²) in [5, 5.41) is 27.1. The molecular weight excluding hydrogens is 402 g/mol. The Hall–Kier alpha value is -2.59. The Morgan fingerprint density at radius 2 is 1.62 bits per heavy atom. The minimum atomic E-state index is -0.861. The molecule has 1 saturated heterocycles. The molecule has 1 N–H and O–H groups in total. The first-order valence-corrected chi connectivity index (χ1v) is 9.44. The monoisotopic (exact) mass is 425 g/mol. The molecule has 2 aromatic rings. The molecule has 29 heavy (non-hydrogen) atoms. The molecule has 0 spiro atoms. The summed E-state index contributed by atoms with van der Waals surface area (Å²) in [6.45, 7) is 1.36. The fraction of sp³-hybridized carbons (Fsp3) is 0.556. The number of nitrogens with zero attached hydrogens (tertiary/aromatic N) is 5. The van der Waals surface area contributed by atoms with Gasteiger partial charge in [-0.15, -0.1) is 20.4 Å². The molecule has 0 aromatic carbocycles. The van der Waals surface area contributed by atoms with Gasteiger partial charge in [-0.05, 0) is 18.8 Å². The van der Waals surface area contributed by atoms with Crippen LogP contribution in [0.5, 0.6) is 23.3 Å². The lowest BCUT2D eigenvalue weighted by atomic mass is 9.87. The Bertz CT molecular complexity index is 848. The first kappa shape index (κ1) is 21.1. The van der Waals surface area contributed by atoms with Crippen LogP contribution in [-0.4, -0.2) is 67.0 Å². The van der Waals surface area contributed by atoms with Gasteiger partial charge in [0.15, 0.2) is 22.5 Å². The fourth-order valence-corrected chi connectivity index (χ4v) is 3.70. The van der Waals surface area contributed by atoms with Crippen LogP contribution in [0.15, 0.2) is 6.07 Å². The summed E-state index contributed by atoms with van der Waals surface area (Å²) in [5.74, 6) is 1.99. The number of hydrogen-bond donors (Lipinski definition) is 1. The fourth-order valence-electron chi connectivity index (χ4n) is 3.46. The van der Waals surface area contributed by atoms with Gasteiger partial charge in [-0.1, -0.05) is 11.6 Å². The molecule has 0 saturated carbocycles. The second kappa shape index (κ2) is 9.27. The number of methoxy groups -OCH3 is 4. The van der Waals surface area contributed by atoms with E-state index in [4.69, 9.17) is 30.5 Å². The number of aliphatic hydroxyl groups is 1. The highest BCUT2D eigenvalue weighted by Crippen LogP contribution is 2.42. The molecule has 0 bridgehead atoms. The second-order valence-corrected chi connectivity index (χ2v) is 6.85. The molecule has 1 aliphatic heterocycles. The largest absolute Gasteiger partial charge is 0.491 e. The quantitative estimate of drug-likeness (QED) is 0.705. The predicted octanol–water partition coefficient (Wildman–Crippen LogP) is 1.90. The van der Waals surface area contributed by atoms with Crippen molar-refractivity contribution in [3.8, 4) is 23.3 Å². The Balaban J connectivity index is 1.74. The van der Waals surface area contributed by atoms with Gasteiger partial charge >= 0.3 is 0 Å². The van der Waals surface area contributed by atoms with E-state index in [9.17, 15) is 5.11 Å². The van der Waals surface area contributed by atoms with E-state index in [1.807, 2.05) is 0 Å². The van der Waals surface area contributed by atoms with Crippen LogP contribution in [0, 0.1) is 5.92 Å². The summed E-state index contributed by atoms with van der Waals surface area (Å²) in [4.78, 5) is 2.09. The highest BCUT2D eigenvalue weighted by molar-refractivity contribution is 6.30. The Labute approximate surface area is 173 Å². The van der Waals surface area contributed by atoms with E-state index >= 15 is 0 Å². The van der Waals surface area contributed by atoms with Gasteiger partial charge in [0.05, 0.1) is 40.1 Å². The lowest BCUT2D eigenvalue weighted by Crippen LogP contribution is -2.36. The number of anilines is 1. The smallest absolute Gasteiger partial charge is 0.276 e. The van der Waals surface area contributed by atoms with Crippen molar-refractivity contribution in [2.45, 2.75) is 18.9 Å². The standard InChI is InChI=1S/C18H24ClN5O5/c1-26-11-9-12(20-22-17(11)28-3)24-7-5-10(6-8-24)14(25)13-15(27-2)18(29-4)23-21-16(13)19/h9-10,14,25H,5-8H2,1-4H3. The van der Waals surface area contributed by atoms with Gasteiger partial charge in [0.2, 0.25) is 0 Å². The minimum Gasteiger partial charge on any atom is -0.491 e. The van der Waals surface area contributed by atoms with Crippen LogP contribution < -0.4 is 23.8 Å². The normalized spacial score (nSPS) is 15.7. The van der Waals surface area contributed by atoms with Crippen molar-refractivity contribution in [1.82, 2.24) is 20.4 Å². The van der Waals surface area contributed by atoms with E-state index < -0.39 is 6.10 Å². The summed E-state index contributed by atoms with van der Waals surface area (Å²) >= 11 is 6.21. The van der Waals surface area contributed by atoms with E-state index in [2.05, 4.69) is 25.3 Å². The van der Waals surface area contributed by atoms with E-state index in [0.29, 0.717) is 54.7 Å². The maximum absolute atomic E-state index is 11.0. The number of ether oxygens (including phenoxy) is 4. The van der Waals surface area contributed by atoms with Gasteiger partial charge in [-0.25, -0.2) is 0 Å². The van der Waals surface area contributed by atoms with E-state index in [0.717, 1.165) is 0 Å². The third kappa shape index (κ3) is 4.23. The molecule has 3 heterocycles. The summed E-state index contributed by atoms with van der Waals surface area (Å²) in [5.41, 5.74) is 0.394. The molecule has 11 heteroatoms. The zero-order valence-electron chi connectivity index (χ0n) is 16.8. The van der Waals surface area contributed by atoms with E-state index in [1.54, 1.807) is 13.2 Å². The van der Waals surface area contributed by atoms with Crippen LogP contribution in [0.4, 0.5) is 5.82 Å². The lowest BCUT2D eigenvalue weighted by Gasteiger charge is -2.35. The molecular formula is C18H24ClN5O5. The van der Waals surface area contributed by atoms with Crippen molar-refractivity contribution >= 4 is 17.4 Å². The van der Waals surface area contributed by atoms with Crippen molar-refractivity contribution < 1.29 is 24.1 Å². The highest BCUT2D eigenvalue weighted by Gasteiger charge is 2.32. The average molecular weight is 426 g/mol. The van der Waals surface area contributed by atoms with Crippen molar-refractivity contribution in [3.05, 3.63) is 16.8 Å². The summed E-state index contributed by atoms with van der Waals surface area (Å²) < 4.78 is 21.0. The summed E-state index contributed by atoms with van der Waals surface area (Å²) in [6.07, 6.45) is 0.559. The van der Waals surface area contributed by atoms with Crippen LogP contribution in [0.2, 0.25) is 5.15 Å². The first-order valence-electron chi connectivity index (χ1n) is 9.06. The summed E-state index contributed by atoms with van der Waals surface area (Å²) in [7, 11) is 6.01. The molecule has 0 radical (unpaired) electrons. The molecule has 1 unspecified atom stereocenters. The Morgan fingerprint density at radius 1 is 0.966 bits per heavy atom. The Kier molecular flexibility index (Phi) is 6.75. The van der Waals surface area contributed by atoms with Gasteiger partial charge < -0.3 is 29.0 Å². The van der Waals surface area contributed by atoms with Crippen molar-refractivity contribution in [3.63, 3.8) is 0 Å². The van der Waals surface area contributed by atoms with Gasteiger partial charge in [-0.2, -0.15) is 0 Å². The SMILES string of the molecule is COc1cc(N2CCC(C(O)c3c(Cl)nnc(OC)c3OC)CC2)nnc1OC. The molecule has 0 amide bonds. The molecule has 3 rings (SSSR count). The van der Waals surface area contributed by atoms with Crippen LogP contribution in [0.25, 0.3) is 0 Å². The number of aliphatic hydroxyl groups excluding tert-OH is 1. The minimum absolute atomic E-state index is 0.0420. The Morgan fingerprint density at radius 3 is 2.21 bits per heavy atom. The van der Waals surface area contributed by atoms with E-state index in [-0.39, 0.29) is 17.0 Å². The second-order valence-electron chi connectivity index (χ2n) is 6.50. The van der Waals surface area contributed by atoms with Crippen LogP contribution in [0.1, 0.15) is 24.5 Å². The molecule has 0 aliphatic carbocycles. The van der Waals surface area contributed by atoms with Crippen molar-refractivity contribution in [2.24, 2.45) is 5.92 Å². The first-order chi connectivity index (χ1) is 14.0. The summed E-state index contributed by atoms with van der Waals surface area (Å²) in [6, 6.07) is 1.79. The van der Waals surface area contributed by atoms with Crippen LogP contribution in [-0.2, 0) is 0 Å². The third-order valence-corrected chi connectivity index (χ3v) is 5.30. The molecule has 158 valence electrons. The zero-order valence-corrected chi connectivity index (χ0v) is 17.5. The van der Waals surface area contributed by atoms with Crippen LogP contribution in [0.3, 0.4) is 0 Å². The molecule has 2 aromatic heterocycles. The maximum atomic E-state index is 11.0. The molecule has 1 aliphatic rings. The highest BCUT2D eigenvalue weighted by atomic mass is 35.5. The average Bonchev–Trinajstić information content (AvgIpc) is 2.77. The number of rotatable bonds is 7.